The van der Waals surface area contributed by atoms with Gasteiger partial charge in [0.2, 0.25) is 5.91 Å². The van der Waals surface area contributed by atoms with Crippen molar-refractivity contribution < 1.29 is 19.0 Å². The second-order valence-corrected chi connectivity index (χ2v) is 9.07. The Bertz CT molecular complexity index is 1330. The number of carbonyl (C=O) groups is 1. The van der Waals surface area contributed by atoms with Gasteiger partial charge in [0.15, 0.2) is 11.0 Å². The Balaban J connectivity index is 1.50. The third-order valence-electron chi connectivity index (χ3n) is 5.19. The van der Waals surface area contributed by atoms with Gasteiger partial charge in [-0.3, -0.25) is 9.36 Å². The molecule has 0 unspecified atom stereocenters. The Morgan fingerprint density at radius 2 is 1.69 bits per heavy atom. The number of methoxy groups -OCH3 is 2. The molecule has 4 aromatic rings. The number of ether oxygens (including phenoxy) is 3. The van der Waals surface area contributed by atoms with Crippen LogP contribution >= 0.6 is 23.4 Å². The van der Waals surface area contributed by atoms with Crippen LogP contribution in [0.5, 0.6) is 17.2 Å². The third-order valence-corrected chi connectivity index (χ3v) is 6.41. The number of hydrogen-bond donors (Lipinski definition) is 1. The van der Waals surface area contributed by atoms with Gasteiger partial charge in [0.25, 0.3) is 0 Å². The summed E-state index contributed by atoms with van der Waals surface area (Å²) in [6.45, 7) is 2.23. The van der Waals surface area contributed by atoms with Crippen LogP contribution in [-0.2, 0) is 11.4 Å². The number of carbonyl (C=O) groups excluding carboxylic acids is 1. The first-order valence-corrected chi connectivity index (χ1v) is 12.4. The van der Waals surface area contributed by atoms with Crippen molar-refractivity contribution in [3.63, 3.8) is 0 Å². The van der Waals surface area contributed by atoms with E-state index in [1.165, 1.54) is 18.9 Å². The number of thioether (sulfide) groups is 1. The fraction of sp³-hybridized carbons (Fsp3) is 0.192. The van der Waals surface area contributed by atoms with Crippen LogP contribution in [0.1, 0.15) is 11.4 Å². The van der Waals surface area contributed by atoms with Crippen LogP contribution in [0.25, 0.3) is 5.69 Å². The van der Waals surface area contributed by atoms with E-state index >= 15 is 0 Å². The van der Waals surface area contributed by atoms with E-state index in [4.69, 9.17) is 25.8 Å². The molecule has 4 rings (SSSR count). The van der Waals surface area contributed by atoms with E-state index in [1.807, 2.05) is 60.0 Å². The lowest BCUT2D eigenvalue weighted by Gasteiger charge is -2.12. The predicted octanol–water partition coefficient (Wildman–Crippen LogP) is 5.56. The molecule has 0 saturated carbocycles. The van der Waals surface area contributed by atoms with Crippen LogP contribution in [-0.4, -0.2) is 40.6 Å². The quantitative estimate of drug-likeness (QED) is 0.272. The van der Waals surface area contributed by atoms with E-state index in [9.17, 15) is 4.79 Å². The molecule has 8 nitrogen and oxygen atoms in total. The van der Waals surface area contributed by atoms with Crippen LogP contribution < -0.4 is 19.5 Å². The molecule has 0 aliphatic rings. The van der Waals surface area contributed by atoms with Crippen molar-refractivity contribution in [3.05, 3.63) is 83.1 Å². The lowest BCUT2D eigenvalue weighted by molar-refractivity contribution is -0.113. The standard InChI is InChI=1S/C26H25ClN4O4S/c1-17-4-9-21(10-5-17)35-15-24-29-30-26(31(24)19-7-11-20(33-2)12-8-19)36-16-25(32)28-18-6-13-23(34-3)22(27)14-18/h4-14H,15-16H2,1-3H3,(H,28,32). The van der Waals surface area contributed by atoms with Crippen LogP contribution in [0.3, 0.4) is 0 Å². The SMILES string of the molecule is COc1ccc(-n2c(COc3ccc(C)cc3)nnc2SCC(=O)Nc2ccc(OC)c(Cl)c2)cc1. The molecule has 0 fully saturated rings. The number of halogens is 1. The molecule has 0 atom stereocenters. The highest BCUT2D eigenvalue weighted by Crippen LogP contribution is 2.28. The fourth-order valence-electron chi connectivity index (χ4n) is 3.33. The molecule has 1 amide bonds. The maximum Gasteiger partial charge on any atom is 0.234 e. The van der Waals surface area contributed by atoms with E-state index in [1.54, 1.807) is 25.3 Å². The molecular weight excluding hydrogens is 500 g/mol. The minimum absolute atomic E-state index is 0.122. The Labute approximate surface area is 218 Å². The number of nitrogens with zero attached hydrogens (tertiary/aromatic N) is 3. The van der Waals surface area contributed by atoms with E-state index in [0.717, 1.165) is 22.7 Å². The monoisotopic (exact) mass is 524 g/mol. The van der Waals surface area contributed by atoms with Crippen LogP contribution in [0.15, 0.2) is 71.9 Å². The molecule has 186 valence electrons. The van der Waals surface area contributed by atoms with Gasteiger partial charge in [-0.15, -0.1) is 10.2 Å². The number of benzene rings is 3. The molecule has 0 aliphatic carbocycles. The number of aryl methyl sites for hydroxylation is 1. The lowest BCUT2D eigenvalue weighted by atomic mass is 10.2. The number of aromatic nitrogens is 3. The number of rotatable bonds is 10. The first kappa shape index (κ1) is 25.4. The van der Waals surface area contributed by atoms with Crippen LogP contribution in [0.4, 0.5) is 5.69 Å². The van der Waals surface area contributed by atoms with Gasteiger partial charge in [-0.1, -0.05) is 41.1 Å². The van der Waals surface area contributed by atoms with Gasteiger partial charge in [-0.05, 0) is 61.5 Å². The highest BCUT2D eigenvalue weighted by molar-refractivity contribution is 7.99. The normalized spacial score (nSPS) is 10.7. The third kappa shape index (κ3) is 6.30. The number of anilines is 1. The summed E-state index contributed by atoms with van der Waals surface area (Å²) in [7, 11) is 3.15. The number of hydrogen-bond acceptors (Lipinski definition) is 7. The van der Waals surface area contributed by atoms with Gasteiger partial charge in [-0.25, -0.2) is 0 Å². The first-order chi connectivity index (χ1) is 17.5. The molecule has 0 spiro atoms. The summed E-state index contributed by atoms with van der Waals surface area (Å²) >= 11 is 7.42. The summed E-state index contributed by atoms with van der Waals surface area (Å²) < 4.78 is 18.2. The van der Waals surface area contributed by atoms with Crippen molar-refractivity contribution in [2.75, 3.05) is 25.3 Å². The van der Waals surface area contributed by atoms with Crippen molar-refractivity contribution in [1.29, 1.82) is 0 Å². The topological polar surface area (TPSA) is 87.5 Å². The summed E-state index contributed by atoms with van der Waals surface area (Å²) in [6, 6.07) is 20.4. The van der Waals surface area contributed by atoms with Crippen molar-refractivity contribution in [2.45, 2.75) is 18.7 Å². The lowest BCUT2D eigenvalue weighted by Crippen LogP contribution is -2.15. The number of nitrogens with one attached hydrogen (secondary N) is 1. The molecule has 0 saturated heterocycles. The Hall–Kier alpha value is -3.69. The number of amides is 1. The summed E-state index contributed by atoms with van der Waals surface area (Å²) in [4.78, 5) is 12.6. The molecule has 0 aliphatic heterocycles. The van der Waals surface area contributed by atoms with Crippen LogP contribution in [0.2, 0.25) is 5.02 Å². The van der Waals surface area contributed by atoms with Gasteiger partial charge in [0.05, 0.1) is 25.0 Å². The zero-order valence-corrected chi connectivity index (χ0v) is 21.6. The Morgan fingerprint density at radius 3 is 2.36 bits per heavy atom. The largest absolute Gasteiger partial charge is 0.497 e. The molecule has 0 bridgehead atoms. The van der Waals surface area contributed by atoms with Gasteiger partial charge >= 0.3 is 0 Å². The van der Waals surface area contributed by atoms with Gasteiger partial charge in [-0.2, -0.15) is 0 Å². The molecule has 1 aromatic heterocycles. The van der Waals surface area contributed by atoms with E-state index in [2.05, 4.69) is 15.5 Å². The average molecular weight is 525 g/mol. The second kappa shape index (κ2) is 11.8. The summed E-state index contributed by atoms with van der Waals surface area (Å²) in [5.74, 6) is 2.52. The smallest absolute Gasteiger partial charge is 0.234 e. The van der Waals surface area contributed by atoms with Gasteiger partial charge in [0.1, 0.15) is 23.9 Å². The summed E-state index contributed by atoms with van der Waals surface area (Å²) in [6.07, 6.45) is 0. The van der Waals surface area contributed by atoms with Crippen molar-refractivity contribution >= 4 is 35.0 Å². The maximum atomic E-state index is 12.6. The van der Waals surface area contributed by atoms with Gasteiger partial charge < -0.3 is 19.5 Å². The van der Waals surface area contributed by atoms with Gasteiger partial charge in [0, 0.05) is 11.4 Å². The second-order valence-electron chi connectivity index (χ2n) is 7.72. The highest BCUT2D eigenvalue weighted by atomic mass is 35.5. The molecule has 36 heavy (non-hydrogen) atoms. The van der Waals surface area contributed by atoms with E-state index < -0.39 is 0 Å². The van der Waals surface area contributed by atoms with E-state index in [-0.39, 0.29) is 18.3 Å². The molecule has 3 aromatic carbocycles. The van der Waals surface area contributed by atoms with Crippen molar-refractivity contribution in [3.8, 4) is 22.9 Å². The molecule has 10 heteroatoms. The average Bonchev–Trinajstić information content (AvgIpc) is 3.30. The predicted molar refractivity (Wildman–Crippen MR) is 141 cm³/mol. The highest BCUT2D eigenvalue weighted by Gasteiger charge is 2.17. The Kier molecular flexibility index (Phi) is 8.35. The zero-order valence-electron chi connectivity index (χ0n) is 20.0. The van der Waals surface area contributed by atoms with E-state index in [0.29, 0.717) is 27.4 Å². The van der Waals surface area contributed by atoms with Crippen molar-refractivity contribution in [1.82, 2.24) is 14.8 Å². The molecule has 0 radical (unpaired) electrons. The minimum atomic E-state index is -0.206. The minimum Gasteiger partial charge on any atom is -0.497 e. The maximum absolute atomic E-state index is 12.6. The zero-order chi connectivity index (χ0) is 25.5. The molecule has 1 heterocycles. The fourth-order valence-corrected chi connectivity index (χ4v) is 4.36. The van der Waals surface area contributed by atoms with Crippen molar-refractivity contribution in [2.24, 2.45) is 0 Å². The molecular formula is C26H25ClN4O4S. The Morgan fingerprint density at radius 1 is 0.972 bits per heavy atom. The summed E-state index contributed by atoms with van der Waals surface area (Å²) in [5.41, 5.74) is 2.56. The molecule has 1 N–H and O–H groups in total. The first-order valence-electron chi connectivity index (χ1n) is 11.0. The summed E-state index contributed by atoms with van der Waals surface area (Å²) in [5, 5.41) is 12.5. The van der Waals surface area contributed by atoms with Crippen LogP contribution in [0, 0.1) is 6.92 Å².